The van der Waals surface area contributed by atoms with Crippen LogP contribution in [-0.4, -0.2) is 9.97 Å². The van der Waals surface area contributed by atoms with Crippen LogP contribution in [-0.2, 0) is 6.42 Å². The van der Waals surface area contributed by atoms with E-state index in [2.05, 4.69) is 16.5 Å². The molecular formula is C9H14N2. The second-order valence-electron chi connectivity index (χ2n) is 2.72. The molecule has 0 saturated heterocycles. The summed E-state index contributed by atoms with van der Waals surface area (Å²) in [5.41, 5.74) is 2.27. The van der Waals surface area contributed by atoms with E-state index in [1.807, 2.05) is 19.9 Å². The molecule has 0 fully saturated rings. The standard InChI is InChI=1S/C9H14N2/c1-4-5-6-9-10-7(2)8(3)11-9/h4H,1,5-6H2,2-3H3,(H,10,11). The Labute approximate surface area is 67.4 Å². The summed E-state index contributed by atoms with van der Waals surface area (Å²) >= 11 is 0. The lowest BCUT2D eigenvalue weighted by Crippen LogP contribution is -1.85. The fourth-order valence-electron chi connectivity index (χ4n) is 0.978. The molecule has 2 nitrogen and oxygen atoms in total. The number of rotatable bonds is 3. The second-order valence-corrected chi connectivity index (χ2v) is 2.72. The van der Waals surface area contributed by atoms with Gasteiger partial charge in [-0.05, 0) is 20.3 Å². The topological polar surface area (TPSA) is 28.7 Å². The Morgan fingerprint density at radius 3 is 2.73 bits per heavy atom. The van der Waals surface area contributed by atoms with E-state index in [1.165, 1.54) is 5.69 Å². The summed E-state index contributed by atoms with van der Waals surface area (Å²) in [7, 11) is 0. The van der Waals surface area contributed by atoms with Crippen LogP contribution in [0.4, 0.5) is 0 Å². The summed E-state index contributed by atoms with van der Waals surface area (Å²) in [5, 5.41) is 0. The Hall–Kier alpha value is -1.05. The fraction of sp³-hybridized carbons (Fsp3) is 0.444. The van der Waals surface area contributed by atoms with Crippen molar-refractivity contribution in [2.75, 3.05) is 0 Å². The largest absolute Gasteiger partial charge is 0.346 e. The predicted octanol–water partition coefficient (Wildman–Crippen LogP) is 2.15. The maximum Gasteiger partial charge on any atom is 0.106 e. The van der Waals surface area contributed by atoms with Crippen LogP contribution in [0.1, 0.15) is 23.6 Å². The molecule has 0 aliphatic carbocycles. The lowest BCUT2D eigenvalue weighted by Gasteiger charge is -1.88. The molecule has 0 aliphatic heterocycles. The van der Waals surface area contributed by atoms with Crippen molar-refractivity contribution in [3.05, 3.63) is 29.9 Å². The first-order valence-electron chi connectivity index (χ1n) is 3.87. The molecule has 0 aliphatic rings. The number of nitrogens with zero attached hydrogens (tertiary/aromatic N) is 1. The van der Waals surface area contributed by atoms with Gasteiger partial charge in [-0.15, -0.1) is 6.58 Å². The van der Waals surface area contributed by atoms with Crippen molar-refractivity contribution in [3.63, 3.8) is 0 Å². The summed E-state index contributed by atoms with van der Waals surface area (Å²) in [6.07, 6.45) is 3.87. The van der Waals surface area contributed by atoms with Gasteiger partial charge in [-0.25, -0.2) is 4.98 Å². The van der Waals surface area contributed by atoms with Gasteiger partial charge < -0.3 is 4.98 Å². The lowest BCUT2D eigenvalue weighted by molar-refractivity contribution is 0.904. The number of hydrogen-bond acceptors (Lipinski definition) is 1. The van der Waals surface area contributed by atoms with Gasteiger partial charge >= 0.3 is 0 Å². The Balaban J connectivity index is 2.64. The first kappa shape index (κ1) is 8.05. The van der Waals surface area contributed by atoms with E-state index in [0.29, 0.717) is 0 Å². The minimum absolute atomic E-state index is 0.970. The molecule has 60 valence electrons. The molecule has 0 bridgehead atoms. The molecule has 1 rings (SSSR count). The van der Waals surface area contributed by atoms with Crippen molar-refractivity contribution in [1.82, 2.24) is 9.97 Å². The fourth-order valence-corrected chi connectivity index (χ4v) is 0.978. The molecule has 0 saturated carbocycles. The number of imidazole rings is 1. The van der Waals surface area contributed by atoms with Crippen molar-refractivity contribution < 1.29 is 0 Å². The number of aromatic amines is 1. The zero-order valence-electron chi connectivity index (χ0n) is 7.15. The minimum atomic E-state index is 0.970. The molecule has 0 spiro atoms. The highest BCUT2D eigenvalue weighted by atomic mass is 14.9. The summed E-state index contributed by atoms with van der Waals surface area (Å²) in [5.74, 6) is 1.07. The third-order valence-corrected chi connectivity index (χ3v) is 1.76. The summed E-state index contributed by atoms with van der Waals surface area (Å²) in [6, 6.07) is 0. The van der Waals surface area contributed by atoms with E-state index < -0.39 is 0 Å². The zero-order chi connectivity index (χ0) is 8.27. The van der Waals surface area contributed by atoms with E-state index >= 15 is 0 Å². The van der Waals surface area contributed by atoms with Gasteiger partial charge in [0.25, 0.3) is 0 Å². The number of allylic oxidation sites excluding steroid dienone is 1. The molecule has 11 heavy (non-hydrogen) atoms. The quantitative estimate of drug-likeness (QED) is 0.657. The molecule has 1 N–H and O–H groups in total. The van der Waals surface area contributed by atoms with Crippen LogP contribution in [0.3, 0.4) is 0 Å². The predicted molar refractivity (Wildman–Crippen MR) is 46.6 cm³/mol. The SMILES string of the molecule is C=CCCc1nc(C)c(C)[nH]1. The molecule has 0 unspecified atom stereocenters. The highest BCUT2D eigenvalue weighted by Crippen LogP contribution is 2.04. The maximum absolute atomic E-state index is 4.34. The summed E-state index contributed by atoms with van der Waals surface area (Å²) in [4.78, 5) is 7.56. The van der Waals surface area contributed by atoms with Gasteiger partial charge in [-0.3, -0.25) is 0 Å². The van der Waals surface area contributed by atoms with Crippen LogP contribution in [0.2, 0.25) is 0 Å². The highest BCUT2D eigenvalue weighted by molar-refractivity contribution is 5.10. The van der Waals surface area contributed by atoms with E-state index in [4.69, 9.17) is 0 Å². The third-order valence-electron chi connectivity index (χ3n) is 1.76. The van der Waals surface area contributed by atoms with E-state index in [0.717, 1.165) is 24.4 Å². The van der Waals surface area contributed by atoms with Gasteiger partial charge in [0.2, 0.25) is 0 Å². The van der Waals surface area contributed by atoms with Gasteiger partial charge in [-0.1, -0.05) is 6.08 Å². The Kier molecular flexibility index (Phi) is 2.47. The van der Waals surface area contributed by atoms with Crippen LogP contribution in [0.5, 0.6) is 0 Å². The van der Waals surface area contributed by atoms with E-state index in [1.54, 1.807) is 0 Å². The van der Waals surface area contributed by atoms with Gasteiger partial charge in [-0.2, -0.15) is 0 Å². The second kappa shape index (κ2) is 3.37. The number of aromatic nitrogens is 2. The smallest absolute Gasteiger partial charge is 0.106 e. The summed E-state index contributed by atoms with van der Waals surface area (Å²) in [6.45, 7) is 7.72. The number of H-pyrrole nitrogens is 1. The van der Waals surface area contributed by atoms with Crippen molar-refractivity contribution in [2.45, 2.75) is 26.7 Å². The highest BCUT2D eigenvalue weighted by Gasteiger charge is 1.99. The normalized spacial score (nSPS) is 10.0. The zero-order valence-corrected chi connectivity index (χ0v) is 7.15. The molecule has 1 aromatic heterocycles. The Morgan fingerprint density at radius 1 is 1.55 bits per heavy atom. The molecule has 0 radical (unpaired) electrons. The van der Waals surface area contributed by atoms with Crippen LogP contribution >= 0.6 is 0 Å². The number of nitrogens with one attached hydrogen (secondary N) is 1. The lowest BCUT2D eigenvalue weighted by atomic mass is 10.3. The Morgan fingerprint density at radius 2 is 2.27 bits per heavy atom. The van der Waals surface area contributed by atoms with Gasteiger partial charge in [0.05, 0.1) is 5.69 Å². The van der Waals surface area contributed by atoms with E-state index in [9.17, 15) is 0 Å². The molecule has 0 atom stereocenters. The van der Waals surface area contributed by atoms with Gasteiger partial charge in [0.1, 0.15) is 5.82 Å². The van der Waals surface area contributed by atoms with Crippen molar-refractivity contribution >= 4 is 0 Å². The average Bonchev–Trinajstić information content (AvgIpc) is 2.28. The number of hydrogen-bond donors (Lipinski definition) is 1. The van der Waals surface area contributed by atoms with Crippen LogP contribution in [0.15, 0.2) is 12.7 Å². The monoisotopic (exact) mass is 150 g/mol. The third kappa shape index (κ3) is 1.93. The molecule has 2 heteroatoms. The first-order chi connectivity index (χ1) is 5.24. The van der Waals surface area contributed by atoms with Crippen molar-refractivity contribution in [2.24, 2.45) is 0 Å². The summed E-state index contributed by atoms with van der Waals surface area (Å²) < 4.78 is 0. The van der Waals surface area contributed by atoms with Crippen LogP contribution in [0.25, 0.3) is 0 Å². The molecule has 1 heterocycles. The van der Waals surface area contributed by atoms with Crippen molar-refractivity contribution in [1.29, 1.82) is 0 Å². The molecular weight excluding hydrogens is 136 g/mol. The minimum Gasteiger partial charge on any atom is -0.346 e. The molecule has 1 aromatic rings. The first-order valence-corrected chi connectivity index (χ1v) is 3.87. The Bertz CT molecular complexity index is 229. The molecule has 0 aromatic carbocycles. The maximum atomic E-state index is 4.34. The van der Waals surface area contributed by atoms with Crippen LogP contribution in [0, 0.1) is 13.8 Å². The van der Waals surface area contributed by atoms with Gasteiger partial charge in [0.15, 0.2) is 0 Å². The van der Waals surface area contributed by atoms with Crippen molar-refractivity contribution in [3.8, 4) is 0 Å². The average molecular weight is 150 g/mol. The van der Waals surface area contributed by atoms with E-state index in [-0.39, 0.29) is 0 Å². The number of aryl methyl sites for hydroxylation is 3. The van der Waals surface area contributed by atoms with Crippen LogP contribution < -0.4 is 0 Å². The van der Waals surface area contributed by atoms with Gasteiger partial charge in [0, 0.05) is 12.1 Å². The molecule has 0 amide bonds.